The third kappa shape index (κ3) is 3.17. The Balaban J connectivity index is 0.00000144. The van der Waals surface area contributed by atoms with Gasteiger partial charge in [0.2, 0.25) is 5.95 Å². The lowest BCUT2D eigenvalue weighted by atomic mass is 10.1. The summed E-state index contributed by atoms with van der Waals surface area (Å²) in [6, 6.07) is 1.43. The molecule has 0 amide bonds. The van der Waals surface area contributed by atoms with Gasteiger partial charge in [0, 0.05) is 19.4 Å². The molecule has 2 aromatic rings. The van der Waals surface area contributed by atoms with Crippen molar-refractivity contribution in [1.82, 2.24) is 14.8 Å². The van der Waals surface area contributed by atoms with E-state index >= 15 is 0 Å². The predicted molar refractivity (Wildman–Crippen MR) is 67.1 cm³/mol. The third-order valence-corrected chi connectivity index (χ3v) is 2.44. The van der Waals surface area contributed by atoms with Gasteiger partial charge in [0.1, 0.15) is 0 Å². The summed E-state index contributed by atoms with van der Waals surface area (Å²) < 4.78 is 14.6. The number of nitrogens with zero attached hydrogens (tertiary/aromatic N) is 3. The molecule has 4 nitrogen and oxygen atoms in total. The van der Waals surface area contributed by atoms with E-state index in [1.807, 2.05) is 20.2 Å². The van der Waals surface area contributed by atoms with E-state index < -0.39 is 5.95 Å². The van der Waals surface area contributed by atoms with Crippen LogP contribution in [-0.4, -0.2) is 21.8 Å². The lowest BCUT2D eigenvalue weighted by molar-refractivity contribution is 0.577. The first-order chi connectivity index (χ1) is 7.69. The number of aromatic nitrogens is 3. The van der Waals surface area contributed by atoms with Crippen LogP contribution >= 0.6 is 12.4 Å². The van der Waals surface area contributed by atoms with Gasteiger partial charge in [-0.3, -0.25) is 4.68 Å². The normalized spacial score (nSPS) is 9.82. The lowest BCUT2D eigenvalue weighted by Gasteiger charge is -2.05. The highest BCUT2D eigenvalue weighted by atomic mass is 35.5. The largest absolute Gasteiger partial charge is 0.386 e. The van der Waals surface area contributed by atoms with Crippen molar-refractivity contribution in [2.45, 2.75) is 13.5 Å². The lowest BCUT2D eigenvalue weighted by Crippen LogP contribution is -2.03. The van der Waals surface area contributed by atoms with E-state index in [1.165, 1.54) is 6.07 Å². The van der Waals surface area contributed by atoms with E-state index in [-0.39, 0.29) is 12.4 Å². The van der Waals surface area contributed by atoms with Crippen molar-refractivity contribution >= 4 is 18.1 Å². The molecule has 6 heteroatoms. The molecule has 0 spiro atoms. The van der Waals surface area contributed by atoms with Crippen LogP contribution < -0.4 is 5.32 Å². The summed E-state index contributed by atoms with van der Waals surface area (Å²) in [6.07, 6.45) is 5.18. The Labute approximate surface area is 105 Å². The number of hydrogen-bond acceptors (Lipinski definition) is 3. The Hall–Kier alpha value is -1.62. The number of pyridine rings is 1. The highest BCUT2D eigenvalue weighted by molar-refractivity contribution is 5.85. The number of nitrogens with one attached hydrogen (secondary N) is 1. The van der Waals surface area contributed by atoms with Gasteiger partial charge in [0.25, 0.3) is 0 Å². The number of hydrogen-bond donors (Lipinski definition) is 1. The fraction of sp³-hybridized carbons (Fsp3) is 0.273. The summed E-state index contributed by atoms with van der Waals surface area (Å²) in [5.41, 5.74) is 2.80. The first-order valence-corrected chi connectivity index (χ1v) is 5.00. The molecule has 2 aromatic heterocycles. The van der Waals surface area contributed by atoms with E-state index in [9.17, 15) is 4.39 Å². The molecule has 92 valence electrons. The summed E-state index contributed by atoms with van der Waals surface area (Å²) in [5, 5.41) is 7.18. The molecule has 0 aromatic carbocycles. The highest BCUT2D eigenvalue weighted by Gasteiger charge is 2.03. The Morgan fingerprint density at radius 2 is 2.18 bits per heavy atom. The zero-order chi connectivity index (χ0) is 11.5. The van der Waals surface area contributed by atoms with E-state index in [1.54, 1.807) is 17.1 Å². The minimum absolute atomic E-state index is 0. The number of anilines is 1. The van der Waals surface area contributed by atoms with Crippen LogP contribution in [0.2, 0.25) is 0 Å². The van der Waals surface area contributed by atoms with Crippen molar-refractivity contribution in [2.75, 3.05) is 12.4 Å². The van der Waals surface area contributed by atoms with Gasteiger partial charge in [-0.25, -0.2) is 4.98 Å². The molecule has 0 bridgehead atoms. The van der Waals surface area contributed by atoms with Crippen LogP contribution in [0.5, 0.6) is 0 Å². The smallest absolute Gasteiger partial charge is 0.213 e. The van der Waals surface area contributed by atoms with Crippen molar-refractivity contribution < 1.29 is 4.39 Å². The summed E-state index contributed by atoms with van der Waals surface area (Å²) in [4.78, 5) is 3.64. The van der Waals surface area contributed by atoms with Crippen LogP contribution in [0.25, 0.3) is 0 Å². The van der Waals surface area contributed by atoms with Crippen molar-refractivity contribution in [3.05, 3.63) is 41.7 Å². The summed E-state index contributed by atoms with van der Waals surface area (Å²) in [5.74, 6) is -0.447. The molecule has 0 aliphatic rings. The number of aryl methyl sites for hydroxylation is 1. The molecule has 0 unspecified atom stereocenters. The summed E-state index contributed by atoms with van der Waals surface area (Å²) in [7, 11) is 1.84. The number of halogens is 2. The monoisotopic (exact) mass is 256 g/mol. The fourth-order valence-corrected chi connectivity index (χ4v) is 1.47. The van der Waals surface area contributed by atoms with Crippen molar-refractivity contribution in [3.8, 4) is 0 Å². The van der Waals surface area contributed by atoms with Gasteiger partial charge in [-0.2, -0.15) is 9.49 Å². The SMILES string of the molecule is CNc1cnn(Cc2cnc(F)cc2C)c1.Cl. The maximum absolute atomic E-state index is 12.8. The second-order valence-corrected chi connectivity index (χ2v) is 3.61. The molecule has 0 aliphatic carbocycles. The predicted octanol–water partition coefficient (Wildman–Crippen LogP) is 2.24. The average Bonchev–Trinajstić information content (AvgIpc) is 2.70. The van der Waals surface area contributed by atoms with Crippen molar-refractivity contribution in [1.29, 1.82) is 0 Å². The van der Waals surface area contributed by atoms with Gasteiger partial charge in [-0.15, -0.1) is 12.4 Å². The summed E-state index contributed by atoms with van der Waals surface area (Å²) >= 11 is 0. The van der Waals surface area contributed by atoms with Crippen LogP contribution in [0.15, 0.2) is 24.7 Å². The van der Waals surface area contributed by atoms with Gasteiger partial charge >= 0.3 is 0 Å². The molecule has 0 saturated heterocycles. The molecular formula is C11H14ClFN4. The van der Waals surface area contributed by atoms with Gasteiger partial charge in [0.05, 0.1) is 18.4 Å². The van der Waals surface area contributed by atoms with E-state index in [0.717, 1.165) is 16.8 Å². The molecule has 0 radical (unpaired) electrons. The molecular weight excluding hydrogens is 243 g/mol. The first-order valence-electron chi connectivity index (χ1n) is 5.00. The van der Waals surface area contributed by atoms with Gasteiger partial charge in [-0.05, 0) is 24.1 Å². The minimum atomic E-state index is -0.447. The average molecular weight is 257 g/mol. The zero-order valence-corrected chi connectivity index (χ0v) is 10.5. The molecule has 0 atom stereocenters. The standard InChI is InChI=1S/C11H13FN4.ClH/c1-8-3-11(12)14-4-9(8)6-16-7-10(13-2)5-15-16;/h3-5,7,13H,6H2,1-2H3;1H. The molecule has 17 heavy (non-hydrogen) atoms. The van der Waals surface area contributed by atoms with Gasteiger partial charge < -0.3 is 5.32 Å². The molecule has 2 heterocycles. The Kier molecular flexibility index (Phi) is 4.45. The molecule has 1 N–H and O–H groups in total. The van der Waals surface area contributed by atoms with Gasteiger partial charge in [0.15, 0.2) is 0 Å². The topological polar surface area (TPSA) is 42.7 Å². The van der Waals surface area contributed by atoms with Crippen molar-refractivity contribution in [3.63, 3.8) is 0 Å². The minimum Gasteiger partial charge on any atom is -0.386 e. The fourth-order valence-electron chi connectivity index (χ4n) is 1.47. The molecule has 2 rings (SSSR count). The molecule has 0 saturated carbocycles. The van der Waals surface area contributed by atoms with E-state index in [4.69, 9.17) is 0 Å². The van der Waals surface area contributed by atoms with Crippen LogP contribution in [-0.2, 0) is 6.54 Å². The van der Waals surface area contributed by atoms with Crippen LogP contribution in [0, 0.1) is 12.9 Å². The third-order valence-electron chi connectivity index (χ3n) is 2.44. The van der Waals surface area contributed by atoms with Crippen LogP contribution in [0.4, 0.5) is 10.1 Å². The Bertz CT molecular complexity index is 498. The zero-order valence-electron chi connectivity index (χ0n) is 9.64. The van der Waals surface area contributed by atoms with E-state index in [0.29, 0.717) is 6.54 Å². The first kappa shape index (κ1) is 13.4. The van der Waals surface area contributed by atoms with Crippen LogP contribution in [0.3, 0.4) is 0 Å². The Morgan fingerprint density at radius 1 is 1.41 bits per heavy atom. The highest BCUT2D eigenvalue weighted by Crippen LogP contribution is 2.11. The van der Waals surface area contributed by atoms with Crippen molar-refractivity contribution in [2.24, 2.45) is 0 Å². The second-order valence-electron chi connectivity index (χ2n) is 3.61. The maximum Gasteiger partial charge on any atom is 0.213 e. The Morgan fingerprint density at radius 3 is 2.76 bits per heavy atom. The molecule has 0 fully saturated rings. The number of rotatable bonds is 3. The quantitative estimate of drug-likeness (QED) is 0.857. The van der Waals surface area contributed by atoms with Gasteiger partial charge in [-0.1, -0.05) is 0 Å². The maximum atomic E-state index is 12.8. The van der Waals surface area contributed by atoms with Crippen LogP contribution in [0.1, 0.15) is 11.1 Å². The molecule has 0 aliphatic heterocycles. The second kappa shape index (κ2) is 5.63. The van der Waals surface area contributed by atoms with E-state index in [2.05, 4.69) is 15.4 Å². The summed E-state index contributed by atoms with van der Waals surface area (Å²) in [6.45, 7) is 2.46.